The maximum atomic E-state index is 12.7. The number of carbonyl (C=O) groups excluding carboxylic acids is 1. The average molecular weight is 369 g/mol. The number of rotatable bonds is 3. The molecular weight excluding hydrogens is 346 g/mol. The number of hydrogen-bond donors (Lipinski definition) is 1. The molecule has 138 valence electrons. The molecule has 1 aromatic heterocycles. The van der Waals surface area contributed by atoms with Gasteiger partial charge in [-0.1, -0.05) is 0 Å². The Bertz CT molecular complexity index is 726. The Morgan fingerprint density at radius 1 is 0.960 bits per heavy atom. The van der Waals surface area contributed by atoms with Crippen LogP contribution in [0.15, 0.2) is 12.4 Å². The van der Waals surface area contributed by atoms with Gasteiger partial charge in [-0.15, -0.1) is 0 Å². The van der Waals surface area contributed by atoms with Crippen LogP contribution in [0.5, 0.6) is 0 Å². The van der Waals surface area contributed by atoms with Crippen LogP contribution in [0.3, 0.4) is 0 Å². The number of nitrogens with two attached hydrogens (primary N) is 1. The predicted octanol–water partition coefficient (Wildman–Crippen LogP) is -1.69. The quantitative estimate of drug-likeness (QED) is 0.676. The van der Waals surface area contributed by atoms with Crippen LogP contribution in [0.1, 0.15) is 10.5 Å². The fraction of sp³-hybridized carbons (Fsp3) is 0.643. The molecule has 0 aliphatic carbocycles. The molecule has 0 spiro atoms. The van der Waals surface area contributed by atoms with Gasteiger partial charge < -0.3 is 15.5 Å². The fourth-order valence-corrected chi connectivity index (χ4v) is 4.54. The largest absolute Gasteiger partial charge is 0.382 e. The van der Waals surface area contributed by atoms with E-state index >= 15 is 0 Å². The lowest BCUT2D eigenvalue weighted by molar-refractivity contribution is 0.0687. The molecule has 2 saturated heterocycles. The molecule has 1 aromatic rings. The standard InChI is InChI=1S/C14H23N7O3S/c1-18-4-8-20(9-5-18)25(23,24)21-10-6-19(7-11-21)14(22)12-13(15)17-3-2-16-12/h2-3H,4-11H2,1H3,(H2,15,17). The van der Waals surface area contributed by atoms with Gasteiger partial charge in [0.1, 0.15) is 0 Å². The lowest BCUT2D eigenvalue weighted by atomic mass is 10.3. The average Bonchev–Trinajstić information content (AvgIpc) is 2.62. The van der Waals surface area contributed by atoms with E-state index in [1.807, 2.05) is 7.05 Å². The van der Waals surface area contributed by atoms with Crippen LogP contribution < -0.4 is 5.73 Å². The van der Waals surface area contributed by atoms with Crippen LogP contribution in [-0.2, 0) is 10.2 Å². The number of anilines is 1. The number of nitrogens with zero attached hydrogens (tertiary/aromatic N) is 6. The molecule has 0 radical (unpaired) electrons. The smallest absolute Gasteiger partial charge is 0.282 e. The summed E-state index contributed by atoms with van der Waals surface area (Å²) in [4.78, 5) is 24.0. The van der Waals surface area contributed by atoms with Crippen molar-refractivity contribution in [3.8, 4) is 0 Å². The van der Waals surface area contributed by atoms with Crippen molar-refractivity contribution in [1.29, 1.82) is 0 Å². The van der Waals surface area contributed by atoms with E-state index in [2.05, 4.69) is 14.9 Å². The van der Waals surface area contributed by atoms with Gasteiger partial charge in [-0.05, 0) is 7.05 Å². The zero-order chi connectivity index (χ0) is 18.0. The number of amides is 1. The van der Waals surface area contributed by atoms with Crippen molar-refractivity contribution in [3.63, 3.8) is 0 Å². The highest BCUT2D eigenvalue weighted by Crippen LogP contribution is 2.16. The molecule has 2 aliphatic rings. The van der Waals surface area contributed by atoms with Crippen LogP contribution in [0.4, 0.5) is 5.82 Å². The molecule has 3 heterocycles. The van der Waals surface area contributed by atoms with Gasteiger partial charge in [-0.2, -0.15) is 17.0 Å². The third-order valence-electron chi connectivity index (χ3n) is 4.57. The van der Waals surface area contributed by atoms with Gasteiger partial charge in [0.15, 0.2) is 11.5 Å². The van der Waals surface area contributed by atoms with E-state index in [0.29, 0.717) is 26.2 Å². The molecule has 2 aliphatic heterocycles. The van der Waals surface area contributed by atoms with Crippen LogP contribution in [0.2, 0.25) is 0 Å². The summed E-state index contributed by atoms with van der Waals surface area (Å²) in [6.07, 6.45) is 2.84. The fourth-order valence-electron chi connectivity index (χ4n) is 2.97. The third kappa shape index (κ3) is 3.73. The Morgan fingerprint density at radius 3 is 2.04 bits per heavy atom. The molecule has 1 amide bonds. The van der Waals surface area contributed by atoms with E-state index < -0.39 is 10.2 Å². The first-order chi connectivity index (χ1) is 11.9. The molecule has 0 unspecified atom stereocenters. The Hall–Kier alpha value is -1.82. The van der Waals surface area contributed by atoms with Crippen LogP contribution in [-0.4, -0.2) is 102 Å². The Kier molecular flexibility index (Phi) is 5.18. The van der Waals surface area contributed by atoms with Crippen molar-refractivity contribution < 1.29 is 13.2 Å². The zero-order valence-electron chi connectivity index (χ0n) is 14.2. The molecule has 2 N–H and O–H groups in total. The number of likely N-dealkylation sites (N-methyl/N-ethyl adjacent to an activating group) is 1. The van der Waals surface area contributed by atoms with E-state index in [9.17, 15) is 13.2 Å². The van der Waals surface area contributed by atoms with E-state index in [1.165, 1.54) is 21.0 Å². The molecule has 25 heavy (non-hydrogen) atoms. The third-order valence-corrected chi connectivity index (χ3v) is 6.61. The van der Waals surface area contributed by atoms with E-state index in [1.54, 1.807) is 4.90 Å². The van der Waals surface area contributed by atoms with Crippen LogP contribution >= 0.6 is 0 Å². The van der Waals surface area contributed by atoms with Gasteiger partial charge in [0, 0.05) is 64.8 Å². The highest BCUT2D eigenvalue weighted by atomic mass is 32.2. The van der Waals surface area contributed by atoms with E-state index in [0.717, 1.165) is 13.1 Å². The lowest BCUT2D eigenvalue weighted by Gasteiger charge is -2.39. The van der Waals surface area contributed by atoms with E-state index in [4.69, 9.17) is 5.73 Å². The molecule has 0 aromatic carbocycles. The van der Waals surface area contributed by atoms with Gasteiger partial charge in [-0.3, -0.25) is 4.79 Å². The Balaban J connectivity index is 1.62. The molecule has 0 atom stereocenters. The van der Waals surface area contributed by atoms with Crippen LogP contribution in [0.25, 0.3) is 0 Å². The molecule has 2 fully saturated rings. The predicted molar refractivity (Wildman–Crippen MR) is 91.9 cm³/mol. The maximum Gasteiger partial charge on any atom is 0.282 e. The second-order valence-electron chi connectivity index (χ2n) is 6.19. The molecule has 10 nitrogen and oxygen atoms in total. The first-order valence-electron chi connectivity index (χ1n) is 8.19. The maximum absolute atomic E-state index is 12.7. The molecule has 0 saturated carbocycles. The first kappa shape index (κ1) is 18.0. The summed E-state index contributed by atoms with van der Waals surface area (Å²) in [6, 6.07) is 0. The minimum absolute atomic E-state index is 0.0833. The van der Waals surface area contributed by atoms with Crippen molar-refractivity contribution in [1.82, 2.24) is 28.4 Å². The van der Waals surface area contributed by atoms with Crippen molar-refractivity contribution in [3.05, 3.63) is 18.1 Å². The molecule has 0 bridgehead atoms. The Morgan fingerprint density at radius 2 is 1.48 bits per heavy atom. The minimum atomic E-state index is -3.48. The second-order valence-corrected chi connectivity index (χ2v) is 8.12. The highest BCUT2D eigenvalue weighted by Gasteiger charge is 2.35. The first-order valence-corrected chi connectivity index (χ1v) is 9.59. The number of carbonyl (C=O) groups is 1. The summed E-state index contributed by atoms with van der Waals surface area (Å²) in [5.41, 5.74) is 5.80. The van der Waals surface area contributed by atoms with Gasteiger partial charge in [0.2, 0.25) is 0 Å². The zero-order valence-corrected chi connectivity index (χ0v) is 15.0. The number of hydrogen-bond acceptors (Lipinski definition) is 7. The lowest BCUT2D eigenvalue weighted by Crippen LogP contribution is -2.57. The Labute approximate surface area is 147 Å². The summed E-state index contributed by atoms with van der Waals surface area (Å²) >= 11 is 0. The monoisotopic (exact) mass is 369 g/mol. The normalized spacial score (nSPS) is 21.4. The number of nitrogen functional groups attached to an aromatic ring is 1. The summed E-state index contributed by atoms with van der Waals surface area (Å²) in [6.45, 7) is 3.58. The topological polar surface area (TPSA) is 116 Å². The van der Waals surface area contributed by atoms with Crippen molar-refractivity contribution in [2.75, 3.05) is 65.1 Å². The summed E-state index contributed by atoms with van der Waals surface area (Å²) in [7, 11) is -1.50. The summed E-state index contributed by atoms with van der Waals surface area (Å²) < 4.78 is 28.4. The van der Waals surface area contributed by atoms with Crippen molar-refractivity contribution >= 4 is 21.9 Å². The minimum Gasteiger partial charge on any atom is -0.382 e. The molecule has 3 rings (SSSR count). The molecular formula is C14H23N7O3S. The summed E-state index contributed by atoms with van der Waals surface area (Å²) in [5, 5.41) is 0. The van der Waals surface area contributed by atoms with Crippen molar-refractivity contribution in [2.24, 2.45) is 0 Å². The van der Waals surface area contributed by atoms with E-state index in [-0.39, 0.29) is 30.5 Å². The SMILES string of the molecule is CN1CCN(S(=O)(=O)N2CCN(C(=O)c3nccnc3N)CC2)CC1. The second kappa shape index (κ2) is 7.20. The van der Waals surface area contributed by atoms with Gasteiger partial charge in [0.05, 0.1) is 0 Å². The van der Waals surface area contributed by atoms with Crippen molar-refractivity contribution in [2.45, 2.75) is 0 Å². The highest BCUT2D eigenvalue weighted by molar-refractivity contribution is 7.86. The summed E-state index contributed by atoms with van der Waals surface area (Å²) in [5.74, 6) is -0.234. The van der Waals surface area contributed by atoms with Gasteiger partial charge in [0.25, 0.3) is 16.1 Å². The van der Waals surface area contributed by atoms with Crippen LogP contribution in [0, 0.1) is 0 Å². The number of aromatic nitrogens is 2. The van der Waals surface area contributed by atoms with Gasteiger partial charge >= 0.3 is 0 Å². The molecule has 11 heteroatoms. The van der Waals surface area contributed by atoms with Gasteiger partial charge in [-0.25, -0.2) is 9.97 Å². The number of piperazine rings is 2.